The molecule has 7 nitrogen and oxygen atoms in total. The second kappa shape index (κ2) is 11.3. The van der Waals surface area contributed by atoms with Crippen LogP contribution >= 0.6 is 0 Å². The van der Waals surface area contributed by atoms with Crippen molar-refractivity contribution in [2.24, 2.45) is 0 Å². The summed E-state index contributed by atoms with van der Waals surface area (Å²) in [5, 5.41) is 5.70. The molecule has 0 saturated carbocycles. The average molecular weight is 396 g/mol. The van der Waals surface area contributed by atoms with Crippen molar-refractivity contribution < 1.29 is 23.9 Å². The number of rotatable bonds is 9. The quantitative estimate of drug-likeness (QED) is 0.293. The SMILES string of the molecule is CCOC(=O)C(=CNc1cccc(C(=O)NCc2ccccc2)c1)C(=O)OCC. The van der Waals surface area contributed by atoms with Gasteiger partial charge in [-0.05, 0) is 37.6 Å². The van der Waals surface area contributed by atoms with Crippen molar-refractivity contribution >= 4 is 23.5 Å². The zero-order chi connectivity index (χ0) is 21.1. The second-order valence-electron chi connectivity index (χ2n) is 5.89. The van der Waals surface area contributed by atoms with Gasteiger partial charge in [0.05, 0.1) is 13.2 Å². The summed E-state index contributed by atoms with van der Waals surface area (Å²) in [5.74, 6) is -1.80. The van der Waals surface area contributed by atoms with E-state index < -0.39 is 11.9 Å². The molecule has 0 saturated heterocycles. The first-order chi connectivity index (χ1) is 14.0. The van der Waals surface area contributed by atoms with Gasteiger partial charge in [0, 0.05) is 24.0 Å². The molecule has 0 spiro atoms. The van der Waals surface area contributed by atoms with Crippen molar-refractivity contribution in [1.82, 2.24) is 5.32 Å². The molecular weight excluding hydrogens is 372 g/mol. The van der Waals surface area contributed by atoms with Gasteiger partial charge in [0.2, 0.25) is 0 Å². The minimum atomic E-state index is -0.782. The van der Waals surface area contributed by atoms with Crippen LogP contribution in [0.4, 0.5) is 5.69 Å². The second-order valence-corrected chi connectivity index (χ2v) is 5.89. The van der Waals surface area contributed by atoms with E-state index in [0.29, 0.717) is 17.8 Å². The Kier molecular flexibility index (Phi) is 8.44. The first-order valence-corrected chi connectivity index (χ1v) is 9.28. The van der Waals surface area contributed by atoms with Crippen molar-refractivity contribution in [3.05, 3.63) is 77.5 Å². The van der Waals surface area contributed by atoms with Gasteiger partial charge in [0.15, 0.2) is 5.57 Å². The highest BCUT2D eigenvalue weighted by atomic mass is 16.6. The maximum Gasteiger partial charge on any atom is 0.347 e. The molecule has 0 fully saturated rings. The molecule has 2 rings (SSSR count). The Morgan fingerprint density at radius 1 is 0.897 bits per heavy atom. The molecule has 0 atom stereocenters. The summed E-state index contributed by atoms with van der Waals surface area (Å²) < 4.78 is 9.77. The molecule has 0 aliphatic rings. The third-order valence-electron chi connectivity index (χ3n) is 3.79. The lowest BCUT2D eigenvalue weighted by molar-refractivity contribution is -0.146. The standard InChI is InChI=1S/C22H24N2O5/c1-3-28-21(26)19(22(27)29-4-2)15-23-18-12-8-11-17(13-18)20(25)24-14-16-9-6-5-7-10-16/h5-13,15,23H,3-4,14H2,1-2H3,(H,24,25). The normalized spacial score (nSPS) is 9.86. The highest BCUT2D eigenvalue weighted by Gasteiger charge is 2.21. The van der Waals surface area contributed by atoms with Gasteiger partial charge in [0.1, 0.15) is 0 Å². The molecule has 7 heteroatoms. The van der Waals surface area contributed by atoms with Crippen LogP contribution in [0.2, 0.25) is 0 Å². The van der Waals surface area contributed by atoms with Gasteiger partial charge in [-0.2, -0.15) is 0 Å². The molecule has 0 aliphatic heterocycles. The molecule has 2 aromatic carbocycles. The number of carbonyl (C=O) groups excluding carboxylic acids is 3. The summed E-state index contributed by atoms with van der Waals surface area (Å²) >= 11 is 0. The first kappa shape index (κ1) is 21.7. The number of anilines is 1. The largest absolute Gasteiger partial charge is 0.462 e. The summed E-state index contributed by atoms with van der Waals surface area (Å²) in [6.45, 7) is 3.96. The molecule has 0 heterocycles. The monoisotopic (exact) mass is 396 g/mol. The molecule has 2 N–H and O–H groups in total. The minimum absolute atomic E-state index is 0.132. The van der Waals surface area contributed by atoms with Gasteiger partial charge in [0.25, 0.3) is 5.91 Å². The molecular formula is C22H24N2O5. The minimum Gasteiger partial charge on any atom is -0.462 e. The summed E-state index contributed by atoms with van der Waals surface area (Å²) in [7, 11) is 0. The number of amides is 1. The Balaban J connectivity index is 2.08. The van der Waals surface area contributed by atoms with Crippen molar-refractivity contribution in [1.29, 1.82) is 0 Å². The maximum atomic E-state index is 12.4. The number of esters is 2. The van der Waals surface area contributed by atoms with Crippen LogP contribution in [0.1, 0.15) is 29.8 Å². The van der Waals surface area contributed by atoms with Crippen molar-refractivity contribution in [3.8, 4) is 0 Å². The number of ether oxygens (including phenoxy) is 2. The number of hydrogen-bond donors (Lipinski definition) is 2. The molecule has 2 aromatic rings. The van der Waals surface area contributed by atoms with Crippen LogP contribution in [-0.4, -0.2) is 31.1 Å². The fraction of sp³-hybridized carbons (Fsp3) is 0.227. The predicted octanol–water partition coefficient (Wildman–Crippen LogP) is 3.04. The van der Waals surface area contributed by atoms with Gasteiger partial charge in [-0.15, -0.1) is 0 Å². The van der Waals surface area contributed by atoms with Gasteiger partial charge in [-0.25, -0.2) is 9.59 Å². The molecule has 152 valence electrons. The van der Waals surface area contributed by atoms with Crippen LogP contribution in [0.3, 0.4) is 0 Å². The number of carbonyl (C=O) groups is 3. The van der Waals surface area contributed by atoms with Crippen LogP contribution in [0.15, 0.2) is 66.4 Å². The number of nitrogens with one attached hydrogen (secondary N) is 2. The van der Waals surface area contributed by atoms with E-state index in [1.807, 2.05) is 30.3 Å². The van der Waals surface area contributed by atoms with Crippen LogP contribution in [0.5, 0.6) is 0 Å². The van der Waals surface area contributed by atoms with Crippen molar-refractivity contribution in [2.75, 3.05) is 18.5 Å². The average Bonchev–Trinajstić information content (AvgIpc) is 2.73. The van der Waals surface area contributed by atoms with E-state index in [-0.39, 0.29) is 24.7 Å². The lowest BCUT2D eigenvalue weighted by atomic mass is 10.1. The predicted molar refractivity (Wildman–Crippen MR) is 109 cm³/mol. The molecule has 0 aromatic heterocycles. The Labute approximate surface area is 169 Å². The third kappa shape index (κ3) is 6.80. The molecule has 0 bridgehead atoms. The lowest BCUT2D eigenvalue weighted by Gasteiger charge is -2.09. The number of hydrogen-bond acceptors (Lipinski definition) is 6. The summed E-state index contributed by atoms with van der Waals surface area (Å²) in [4.78, 5) is 36.4. The maximum absolute atomic E-state index is 12.4. The van der Waals surface area contributed by atoms with E-state index in [4.69, 9.17) is 9.47 Å². The highest BCUT2D eigenvalue weighted by Crippen LogP contribution is 2.13. The van der Waals surface area contributed by atoms with Crippen LogP contribution in [-0.2, 0) is 25.6 Å². The summed E-state index contributed by atoms with van der Waals surface area (Å²) in [5.41, 5.74) is 1.70. The van der Waals surface area contributed by atoms with E-state index in [1.165, 1.54) is 6.20 Å². The van der Waals surface area contributed by atoms with Gasteiger partial charge in [-0.1, -0.05) is 36.4 Å². The Bertz CT molecular complexity index is 858. The van der Waals surface area contributed by atoms with E-state index in [2.05, 4.69) is 10.6 Å². The molecule has 1 amide bonds. The number of benzene rings is 2. The third-order valence-corrected chi connectivity index (χ3v) is 3.79. The van der Waals surface area contributed by atoms with Gasteiger partial charge in [-0.3, -0.25) is 4.79 Å². The Morgan fingerprint density at radius 3 is 2.17 bits per heavy atom. The molecule has 0 unspecified atom stereocenters. The summed E-state index contributed by atoms with van der Waals surface area (Å²) in [6.07, 6.45) is 1.22. The molecule has 0 aliphatic carbocycles. The van der Waals surface area contributed by atoms with Crippen LogP contribution in [0.25, 0.3) is 0 Å². The van der Waals surface area contributed by atoms with E-state index in [1.54, 1.807) is 38.1 Å². The van der Waals surface area contributed by atoms with Crippen LogP contribution in [0, 0.1) is 0 Å². The first-order valence-electron chi connectivity index (χ1n) is 9.28. The zero-order valence-corrected chi connectivity index (χ0v) is 16.4. The van der Waals surface area contributed by atoms with Crippen molar-refractivity contribution in [2.45, 2.75) is 20.4 Å². The highest BCUT2D eigenvalue weighted by molar-refractivity contribution is 6.14. The fourth-order valence-electron chi connectivity index (χ4n) is 2.40. The topological polar surface area (TPSA) is 93.7 Å². The zero-order valence-electron chi connectivity index (χ0n) is 16.4. The smallest absolute Gasteiger partial charge is 0.347 e. The van der Waals surface area contributed by atoms with Gasteiger partial charge < -0.3 is 20.1 Å². The Morgan fingerprint density at radius 2 is 1.55 bits per heavy atom. The van der Waals surface area contributed by atoms with Crippen molar-refractivity contribution in [3.63, 3.8) is 0 Å². The molecule has 29 heavy (non-hydrogen) atoms. The van der Waals surface area contributed by atoms with E-state index in [9.17, 15) is 14.4 Å². The van der Waals surface area contributed by atoms with E-state index in [0.717, 1.165) is 5.56 Å². The lowest BCUT2D eigenvalue weighted by Crippen LogP contribution is -2.22. The molecule has 0 radical (unpaired) electrons. The fourth-order valence-corrected chi connectivity index (χ4v) is 2.40. The van der Waals surface area contributed by atoms with Crippen LogP contribution < -0.4 is 10.6 Å². The summed E-state index contributed by atoms with van der Waals surface area (Å²) in [6, 6.07) is 16.3. The van der Waals surface area contributed by atoms with E-state index >= 15 is 0 Å². The van der Waals surface area contributed by atoms with Gasteiger partial charge >= 0.3 is 11.9 Å². The Hall–Kier alpha value is -3.61.